The van der Waals surface area contributed by atoms with Gasteiger partial charge in [0.2, 0.25) is 5.75 Å². The SMILES string of the molecule is CCOc1cc(C(=O)OCC(=O)NC(=O)NC2CC2)cc(OCC)c1OCC. The summed E-state index contributed by atoms with van der Waals surface area (Å²) in [6.07, 6.45) is 1.80. The van der Waals surface area contributed by atoms with Crippen molar-refractivity contribution >= 4 is 17.9 Å². The van der Waals surface area contributed by atoms with Crippen molar-refractivity contribution in [3.05, 3.63) is 17.7 Å². The van der Waals surface area contributed by atoms with E-state index in [4.69, 9.17) is 18.9 Å². The molecular weight excluding hydrogens is 368 g/mol. The first-order valence-corrected chi connectivity index (χ1v) is 9.32. The number of carbonyl (C=O) groups is 3. The maximum atomic E-state index is 12.4. The van der Waals surface area contributed by atoms with Gasteiger partial charge in [-0.2, -0.15) is 0 Å². The number of nitrogens with one attached hydrogen (secondary N) is 2. The van der Waals surface area contributed by atoms with E-state index in [0.717, 1.165) is 12.8 Å². The largest absolute Gasteiger partial charge is 0.490 e. The number of amides is 3. The topological polar surface area (TPSA) is 112 Å². The van der Waals surface area contributed by atoms with E-state index in [1.807, 2.05) is 6.92 Å². The third-order valence-corrected chi connectivity index (χ3v) is 3.64. The van der Waals surface area contributed by atoms with Crippen molar-refractivity contribution in [1.82, 2.24) is 10.6 Å². The van der Waals surface area contributed by atoms with E-state index in [0.29, 0.717) is 37.1 Å². The van der Waals surface area contributed by atoms with Crippen molar-refractivity contribution in [2.24, 2.45) is 0 Å². The van der Waals surface area contributed by atoms with Crippen LogP contribution in [-0.4, -0.2) is 50.4 Å². The van der Waals surface area contributed by atoms with Gasteiger partial charge in [0, 0.05) is 6.04 Å². The van der Waals surface area contributed by atoms with Gasteiger partial charge in [0.15, 0.2) is 18.1 Å². The van der Waals surface area contributed by atoms with Crippen molar-refractivity contribution in [3.63, 3.8) is 0 Å². The average Bonchev–Trinajstić information content (AvgIpc) is 3.46. The lowest BCUT2D eigenvalue weighted by Crippen LogP contribution is -2.42. The van der Waals surface area contributed by atoms with E-state index < -0.39 is 24.5 Å². The first kappa shape index (κ1) is 21.3. The number of hydrogen-bond donors (Lipinski definition) is 2. The van der Waals surface area contributed by atoms with Crippen LogP contribution < -0.4 is 24.8 Å². The van der Waals surface area contributed by atoms with E-state index in [1.165, 1.54) is 12.1 Å². The highest BCUT2D eigenvalue weighted by molar-refractivity contribution is 5.97. The summed E-state index contributed by atoms with van der Waals surface area (Å²) in [5, 5.41) is 4.72. The van der Waals surface area contributed by atoms with Crippen LogP contribution in [-0.2, 0) is 9.53 Å². The predicted molar refractivity (Wildman–Crippen MR) is 99.9 cm³/mol. The number of urea groups is 1. The minimum atomic E-state index is -0.747. The van der Waals surface area contributed by atoms with Gasteiger partial charge in [0.1, 0.15) is 0 Å². The van der Waals surface area contributed by atoms with Gasteiger partial charge in [-0.25, -0.2) is 9.59 Å². The summed E-state index contributed by atoms with van der Waals surface area (Å²) in [5.41, 5.74) is 0.144. The van der Waals surface area contributed by atoms with Crippen molar-refractivity contribution in [2.75, 3.05) is 26.4 Å². The van der Waals surface area contributed by atoms with Crippen LogP contribution in [0.25, 0.3) is 0 Å². The molecule has 1 aromatic rings. The summed E-state index contributed by atoms with van der Waals surface area (Å²) < 4.78 is 21.7. The Bertz CT molecular complexity index is 689. The summed E-state index contributed by atoms with van der Waals surface area (Å²) in [4.78, 5) is 35.6. The van der Waals surface area contributed by atoms with Gasteiger partial charge in [0.25, 0.3) is 5.91 Å². The fraction of sp³-hybridized carbons (Fsp3) is 0.526. The van der Waals surface area contributed by atoms with Crippen LogP contribution in [0.3, 0.4) is 0 Å². The molecule has 1 aliphatic carbocycles. The number of imide groups is 1. The Morgan fingerprint density at radius 3 is 2.04 bits per heavy atom. The second kappa shape index (κ2) is 10.4. The van der Waals surface area contributed by atoms with Crippen LogP contribution in [0.1, 0.15) is 44.0 Å². The van der Waals surface area contributed by atoms with Gasteiger partial charge in [-0.3, -0.25) is 10.1 Å². The Balaban J connectivity index is 2.03. The molecule has 9 heteroatoms. The molecule has 2 N–H and O–H groups in total. The molecular formula is C19H26N2O7. The van der Waals surface area contributed by atoms with Crippen LogP contribution in [0.5, 0.6) is 17.2 Å². The zero-order valence-corrected chi connectivity index (χ0v) is 16.3. The molecule has 0 unspecified atom stereocenters. The van der Waals surface area contributed by atoms with Gasteiger partial charge in [0.05, 0.1) is 25.4 Å². The molecule has 0 aliphatic heterocycles. The summed E-state index contributed by atoms with van der Waals surface area (Å²) in [7, 11) is 0. The molecule has 28 heavy (non-hydrogen) atoms. The first-order valence-electron chi connectivity index (χ1n) is 9.32. The third-order valence-electron chi connectivity index (χ3n) is 3.64. The highest BCUT2D eigenvalue weighted by Crippen LogP contribution is 2.39. The lowest BCUT2D eigenvalue weighted by molar-refractivity contribution is -0.123. The van der Waals surface area contributed by atoms with Gasteiger partial charge >= 0.3 is 12.0 Å². The summed E-state index contributed by atoms with van der Waals surface area (Å²) in [5.74, 6) is -0.376. The Morgan fingerprint density at radius 2 is 1.54 bits per heavy atom. The quantitative estimate of drug-likeness (QED) is 0.584. The number of esters is 1. The molecule has 0 aromatic heterocycles. The van der Waals surface area contributed by atoms with Crippen LogP contribution in [0.2, 0.25) is 0 Å². The minimum Gasteiger partial charge on any atom is -0.490 e. The monoisotopic (exact) mass is 394 g/mol. The number of carbonyl (C=O) groups excluding carboxylic acids is 3. The molecule has 1 aromatic carbocycles. The van der Waals surface area contributed by atoms with E-state index in [2.05, 4.69) is 10.6 Å². The van der Waals surface area contributed by atoms with Crippen LogP contribution in [0.15, 0.2) is 12.1 Å². The predicted octanol–water partition coefficient (Wildman–Crippen LogP) is 2.03. The van der Waals surface area contributed by atoms with Crippen molar-refractivity contribution in [1.29, 1.82) is 0 Å². The fourth-order valence-corrected chi connectivity index (χ4v) is 2.33. The average molecular weight is 394 g/mol. The van der Waals surface area contributed by atoms with E-state index in [-0.39, 0.29) is 11.6 Å². The smallest absolute Gasteiger partial charge is 0.338 e. The lowest BCUT2D eigenvalue weighted by Gasteiger charge is -2.16. The molecule has 1 aliphatic rings. The molecule has 0 radical (unpaired) electrons. The third kappa shape index (κ3) is 6.33. The maximum absolute atomic E-state index is 12.4. The molecule has 0 atom stereocenters. The number of benzene rings is 1. The van der Waals surface area contributed by atoms with E-state index >= 15 is 0 Å². The Morgan fingerprint density at radius 1 is 0.964 bits per heavy atom. The van der Waals surface area contributed by atoms with Gasteiger partial charge in [-0.1, -0.05) is 0 Å². The van der Waals surface area contributed by atoms with Crippen molar-refractivity contribution in [2.45, 2.75) is 39.7 Å². The Hall–Kier alpha value is -2.97. The molecule has 0 saturated heterocycles. The number of rotatable bonds is 10. The van der Waals surface area contributed by atoms with Crippen LogP contribution in [0, 0.1) is 0 Å². The van der Waals surface area contributed by atoms with Crippen LogP contribution >= 0.6 is 0 Å². The molecule has 154 valence electrons. The zero-order valence-electron chi connectivity index (χ0n) is 16.3. The Kier molecular flexibility index (Phi) is 7.91. The summed E-state index contributed by atoms with van der Waals surface area (Å²) in [6.45, 7) is 5.97. The summed E-state index contributed by atoms with van der Waals surface area (Å²) in [6, 6.07) is 2.46. The molecule has 0 spiro atoms. The molecule has 3 amide bonds. The van der Waals surface area contributed by atoms with Gasteiger partial charge in [-0.05, 0) is 45.7 Å². The number of hydrogen-bond acceptors (Lipinski definition) is 7. The number of ether oxygens (including phenoxy) is 4. The highest BCUT2D eigenvalue weighted by Gasteiger charge is 2.24. The Labute approximate surface area is 163 Å². The fourth-order valence-electron chi connectivity index (χ4n) is 2.33. The minimum absolute atomic E-state index is 0.119. The molecule has 1 fully saturated rings. The second-order valence-corrected chi connectivity index (χ2v) is 5.97. The lowest BCUT2D eigenvalue weighted by atomic mass is 10.2. The molecule has 9 nitrogen and oxygen atoms in total. The van der Waals surface area contributed by atoms with E-state index in [9.17, 15) is 14.4 Å². The van der Waals surface area contributed by atoms with E-state index in [1.54, 1.807) is 13.8 Å². The van der Waals surface area contributed by atoms with Crippen molar-refractivity contribution in [3.8, 4) is 17.2 Å². The maximum Gasteiger partial charge on any atom is 0.338 e. The highest BCUT2D eigenvalue weighted by atomic mass is 16.5. The van der Waals surface area contributed by atoms with Gasteiger partial charge < -0.3 is 24.3 Å². The first-order chi connectivity index (χ1) is 13.5. The normalized spacial score (nSPS) is 12.7. The molecule has 2 rings (SSSR count). The second-order valence-electron chi connectivity index (χ2n) is 5.97. The summed E-state index contributed by atoms with van der Waals surface area (Å²) >= 11 is 0. The van der Waals surface area contributed by atoms with Crippen LogP contribution in [0.4, 0.5) is 4.79 Å². The molecule has 1 saturated carbocycles. The standard InChI is InChI=1S/C19H26N2O7/c1-4-25-14-9-12(10-15(26-5-2)17(14)27-6-3)18(23)28-11-16(22)21-19(24)20-13-7-8-13/h9-10,13H,4-8,11H2,1-3H3,(H2,20,21,22,24). The molecule has 0 heterocycles. The zero-order chi connectivity index (χ0) is 20.5. The van der Waals surface area contributed by atoms with Gasteiger partial charge in [-0.15, -0.1) is 0 Å². The van der Waals surface area contributed by atoms with Crippen molar-refractivity contribution < 1.29 is 33.3 Å². The molecule has 0 bridgehead atoms.